The molecular weight excluding hydrogens is 314 g/mol. The fourth-order valence-corrected chi connectivity index (χ4v) is 2.64. The van der Waals surface area contributed by atoms with Gasteiger partial charge in [0.2, 0.25) is 0 Å². The van der Waals surface area contributed by atoms with E-state index in [1.165, 1.54) is 0 Å². The number of carbonyl (C=O) groups is 1. The molecule has 2 aromatic carbocycles. The van der Waals surface area contributed by atoms with Crippen LogP contribution in [0.15, 0.2) is 40.9 Å². The number of rotatable bonds is 3. The minimum Gasteiger partial charge on any atom is -0.322 e. The summed E-state index contributed by atoms with van der Waals surface area (Å²) in [5, 5.41) is 3.01. The fraction of sp³-hybridized carbons (Fsp3) is 0.235. The predicted molar refractivity (Wildman–Crippen MR) is 87.4 cm³/mol. The number of carbonyl (C=O) groups excluding carboxylic acids is 1. The topological polar surface area (TPSA) is 29.1 Å². The zero-order valence-corrected chi connectivity index (χ0v) is 13.5. The molecule has 0 unspecified atom stereocenters. The van der Waals surface area contributed by atoms with Crippen LogP contribution < -0.4 is 5.32 Å². The zero-order valence-electron chi connectivity index (χ0n) is 12.0. The molecule has 0 fully saturated rings. The molecule has 2 aromatic rings. The van der Waals surface area contributed by atoms with Crippen molar-refractivity contribution in [2.45, 2.75) is 27.2 Å². The van der Waals surface area contributed by atoms with Crippen LogP contribution in [0.25, 0.3) is 0 Å². The lowest BCUT2D eigenvalue weighted by atomic mass is 10.0. The van der Waals surface area contributed by atoms with Gasteiger partial charge in [-0.25, -0.2) is 0 Å². The van der Waals surface area contributed by atoms with Gasteiger partial charge in [0.05, 0.1) is 0 Å². The standard InChI is InChI=1S/C17H18BrNO/c1-4-13-10-14(18)6-8-16(13)19-17(20)15-7-5-11(2)9-12(15)3/h5-10H,4H2,1-3H3,(H,19,20). The smallest absolute Gasteiger partial charge is 0.255 e. The summed E-state index contributed by atoms with van der Waals surface area (Å²) in [5.41, 5.74) is 4.88. The van der Waals surface area contributed by atoms with Gasteiger partial charge in [-0.2, -0.15) is 0 Å². The van der Waals surface area contributed by atoms with Gasteiger partial charge in [-0.05, 0) is 55.7 Å². The summed E-state index contributed by atoms with van der Waals surface area (Å²) >= 11 is 3.46. The summed E-state index contributed by atoms with van der Waals surface area (Å²) in [6, 6.07) is 11.8. The second kappa shape index (κ2) is 6.23. The molecular formula is C17H18BrNO. The summed E-state index contributed by atoms with van der Waals surface area (Å²) in [7, 11) is 0. The Morgan fingerprint density at radius 1 is 1.15 bits per heavy atom. The van der Waals surface area contributed by atoms with Crippen LogP contribution in [0.5, 0.6) is 0 Å². The molecule has 0 saturated heterocycles. The van der Waals surface area contributed by atoms with Crippen LogP contribution in [0.1, 0.15) is 34.0 Å². The highest BCUT2D eigenvalue weighted by molar-refractivity contribution is 9.10. The second-order valence-electron chi connectivity index (χ2n) is 4.93. The van der Waals surface area contributed by atoms with Crippen molar-refractivity contribution in [3.8, 4) is 0 Å². The molecule has 0 aliphatic carbocycles. The van der Waals surface area contributed by atoms with E-state index in [1.54, 1.807) is 0 Å². The molecule has 0 aliphatic rings. The van der Waals surface area contributed by atoms with Crippen molar-refractivity contribution in [2.75, 3.05) is 5.32 Å². The molecule has 2 rings (SSSR count). The molecule has 0 spiro atoms. The van der Waals surface area contributed by atoms with Crippen molar-refractivity contribution in [3.63, 3.8) is 0 Å². The summed E-state index contributed by atoms with van der Waals surface area (Å²) < 4.78 is 1.03. The molecule has 104 valence electrons. The average Bonchev–Trinajstić information content (AvgIpc) is 2.40. The van der Waals surface area contributed by atoms with Gasteiger partial charge in [0, 0.05) is 15.7 Å². The van der Waals surface area contributed by atoms with Gasteiger partial charge < -0.3 is 5.32 Å². The lowest BCUT2D eigenvalue weighted by Gasteiger charge is -2.12. The Morgan fingerprint density at radius 3 is 2.55 bits per heavy atom. The molecule has 2 nitrogen and oxygen atoms in total. The lowest BCUT2D eigenvalue weighted by molar-refractivity contribution is 0.102. The maximum absolute atomic E-state index is 12.4. The number of halogens is 1. The van der Waals surface area contributed by atoms with Crippen LogP contribution in [0.2, 0.25) is 0 Å². The minimum atomic E-state index is -0.0560. The van der Waals surface area contributed by atoms with E-state index in [0.29, 0.717) is 0 Å². The van der Waals surface area contributed by atoms with Crippen LogP contribution in [0, 0.1) is 13.8 Å². The van der Waals surface area contributed by atoms with Gasteiger partial charge in [0.1, 0.15) is 0 Å². The molecule has 0 aromatic heterocycles. The third-order valence-electron chi connectivity index (χ3n) is 3.32. The largest absolute Gasteiger partial charge is 0.322 e. The highest BCUT2D eigenvalue weighted by Gasteiger charge is 2.11. The summed E-state index contributed by atoms with van der Waals surface area (Å²) in [4.78, 5) is 12.4. The normalized spacial score (nSPS) is 10.4. The zero-order chi connectivity index (χ0) is 14.7. The Morgan fingerprint density at radius 2 is 1.90 bits per heavy atom. The Labute approximate surface area is 128 Å². The maximum Gasteiger partial charge on any atom is 0.255 e. The number of nitrogens with one attached hydrogen (secondary N) is 1. The number of hydrogen-bond donors (Lipinski definition) is 1. The van der Waals surface area contributed by atoms with Crippen LogP contribution in [-0.4, -0.2) is 5.91 Å². The number of amides is 1. The van der Waals surface area contributed by atoms with Gasteiger partial charge in [0.25, 0.3) is 5.91 Å². The third kappa shape index (κ3) is 3.28. The number of aryl methyl sites for hydroxylation is 3. The lowest BCUT2D eigenvalue weighted by Crippen LogP contribution is -2.14. The summed E-state index contributed by atoms with van der Waals surface area (Å²) in [6.07, 6.45) is 0.877. The van der Waals surface area contributed by atoms with Crippen molar-refractivity contribution in [1.29, 1.82) is 0 Å². The summed E-state index contributed by atoms with van der Waals surface area (Å²) in [6.45, 7) is 6.07. The molecule has 1 N–H and O–H groups in total. The first-order chi connectivity index (χ1) is 9.51. The summed E-state index contributed by atoms with van der Waals surface area (Å²) in [5.74, 6) is -0.0560. The Bertz CT molecular complexity index is 649. The van der Waals surface area contributed by atoms with E-state index in [4.69, 9.17) is 0 Å². The molecule has 1 amide bonds. The molecule has 0 aliphatic heterocycles. The van der Waals surface area contributed by atoms with Crippen molar-refractivity contribution < 1.29 is 4.79 Å². The monoisotopic (exact) mass is 331 g/mol. The SMILES string of the molecule is CCc1cc(Br)ccc1NC(=O)c1ccc(C)cc1C. The van der Waals surface area contributed by atoms with E-state index in [0.717, 1.165) is 38.8 Å². The van der Waals surface area contributed by atoms with Gasteiger partial charge in [-0.15, -0.1) is 0 Å². The second-order valence-corrected chi connectivity index (χ2v) is 5.84. The first-order valence-corrected chi connectivity index (χ1v) is 7.47. The van der Waals surface area contributed by atoms with E-state index in [1.807, 2.05) is 50.2 Å². The molecule has 0 heterocycles. The van der Waals surface area contributed by atoms with Crippen molar-refractivity contribution in [1.82, 2.24) is 0 Å². The molecule has 0 bridgehead atoms. The Kier molecular flexibility index (Phi) is 4.61. The average molecular weight is 332 g/mol. The van der Waals surface area contributed by atoms with Crippen LogP contribution in [0.4, 0.5) is 5.69 Å². The molecule has 0 saturated carbocycles. The van der Waals surface area contributed by atoms with E-state index in [2.05, 4.69) is 28.2 Å². The number of benzene rings is 2. The highest BCUT2D eigenvalue weighted by atomic mass is 79.9. The number of hydrogen-bond acceptors (Lipinski definition) is 1. The maximum atomic E-state index is 12.4. The van der Waals surface area contributed by atoms with E-state index >= 15 is 0 Å². The minimum absolute atomic E-state index is 0.0560. The number of anilines is 1. The molecule has 0 atom stereocenters. The van der Waals surface area contributed by atoms with E-state index in [9.17, 15) is 4.79 Å². The first kappa shape index (κ1) is 14.8. The van der Waals surface area contributed by atoms with Crippen LogP contribution >= 0.6 is 15.9 Å². The van der Waals surface area contributed by atoms with E-state index in [-0.39, 0.29) is 5.91 Å². The van der Waals surface area contributed by atoms with Gasteiger partial charge in [0.15, 0.2) is 0 Å². The van der Waals surface area contributed by atoms with E-state index < -0.39 is 0 Å². The highest BCUT2D eigenvalue weighted by Crippen LogP contribution is 2.22. The molecule has 3 heteroatoms. The van der Waals surface area contributed by atoms with Crippen LogP contribution in [0.3, 0.4) is 0 Å². The first-order valence-electron chi connectivity index (χ1n) is 6.68. The third-order valence-corrected chi connectivity index (χ3v) is 3.82. The molecule has 20 heavy (non-hydrogen) atoms. The predicted octanol–water partition coefficient (Wildman–Crippen LogP) is 4.88. The van der Waals surface area contributed by atoms with Gasteiger partial charge in [-0.3, -0.25) is 4.79 Å². The Balaban J connectivity index is 2.28. The van der Waals surface area contributed by atoms with Gasteiger partial charge >= 0.3 is 0 Å². The molecule has 0 radical (unpaired) electrons. The van der Waals surface area contributed by atoms with Crippen LogP contribution in [-0.2, 0) is 6.42 Å². The quantitative estimate of drug-likeness (QED) is 0.853. The van der Waals surface area contributed by atoms with Crippen molar-refractivity contribution in [2.24, 2.45) is 0 Å². The van der Waals surface area contributed by atoms with Crippen molar-refractivity contribution >= 4 is 27.5 Å². The fourth-order valence-electron chi connectivity index (χ4n) is 2.23. The van der Waals surface area contributed by atoms with Crippen molar-refractivity contribution in [3.05, 3.63) is 63.1 Å². The Hall–Kier alpha value is -1.61. The van der Waals surface area contributed by atoms with Gasteiger partial charge in [-0.1, -0.05) is 40.5 Å².